The number of hydrogen-bond donors (Lipinski definition) is 1. The first-order chi connectivity index (χ1) is 7.75. The van der Waals surface area contributed by atoms with Crippen molar-refractivity contribution in [2.24, 2.45) is 5.92 Å². The lowest BCUT2D eigenvalue weighted by molar-refractivity contribution is 0.102. The fraction of sp³-hybridized carbons (Fsp3) is 0.462. The Labute approximate surface area is 105 Å². The third-order valence-corrected chi connectivity index (χ3v) is 3.49. The SMILES string of the molecule is OC(Cc1cncc(Br)c1)C1CC=CCC1. The van der Waals surface area contributed by atoms with Gasteiger partial charge in [0.05, 0.1) is 6.10 Å². The number of pyridine rings is 1. The van der Waals surface area contributed by atoms with Gasteiger partial charge in [0, 0.05) is 23.3 Å². The van der Waals surface area contributed by atoms with Gasteiger partial charge < -0.3 is 5.11 Å². The Hall–Kier alpha value is -0.670. The molecule has 0 spiro atoms. The molecular formula is C13H16BrNO. The molecule has 0 aromatic carbocycles. The van der Waals surface area contributed by atoms with Crippen molar-refractivity contribution >= 4 is 15.9 Å². The minimum Gasteiger partial charge on any atom is -0.392 e. The fourth-order valence-corrected chi connectivity index (χ4v) is 2.55. The van der Waals surface area contributed by atoms with Crippen LogP contribution in [0.3, 0.4) is 0 Å². The molecule has 1 heterocycles. The van der Waals surface area contributed by atoms with Crippen molar-refractivity contribution in [1.29, 1.82) is 0 Å². The predicted molar refractivity (Wildman–Crippen MR) is 68.1 cm³/mol. The first-order valence-corrected chi connectivity index (χ1v) is 6.47. The van der Waals surface area contributed by atoms with Crippen molar-refractivity contribution in [3.8, 4) is 0 Å². The Balaban J connectivity index is 1.96. The first-order valence-electron chi connectivity index (χ1n) is 5.68. The number of nitrogens with zero attached hydrogens (tertiary/aromatic N) is 1. The highest BCUT2D eigenvalue weighted by Crippen LogP contribution is 2.24. The van der Waals surface area contributed by atoms with E-state index in [1.807, 2.05) is 12.3 Å². The third-order valence-electron chi connectivity index (χ3n) is 3.06. The number of rotatable bonds is 3. The zero-order valence-electron chi connectivity index (χ0n) is 9.14. The summed E-state index contributed by atoms with van der Waals surface area (Å²) in [4.78, 5) is 4.11. The molecule has 0 aliphatic heterocycles. The van der Waals surface area contributed by atoms with E-state index < -0.39 is 0 Å². The summed E-state index contributed by atoms with van der Waals surface area (Å²) in [5.41, 5.74) is 1.09. The number of allylic oxidation sites excluding steroid dienone is 2. The first kappa shape index (κ1) is 11.8. The Bertz CT molecular complexity index is 378. The van der Waals surface area contributed by atoms with E-state index in [1.165, 1.54) is 0 Å². The molecule has 1 aliphatic carbocycles. The standard InChI is InChI=1S/C13H16BrNO/c14-12-6-10(8-15-9-12)7-13(16)11-4-2-1-3-5-11/h1-2,6,8-9,11,13,16H,3-5,7H2. The number of aliphatic hydroxyl groups excluding tert-OH is 1. The van der Waals surface area contributed by atoms with Crippen molar-refractivity contribution in [3.05, 3.63) is 40.6 Å². The lowest BCUT2D eigenvalue weighted by atomic mass is 9.87. The Morgan fingerprint density at radius 1 is 1.44 bits per heavy atom. The van der Waals surface area contributed by atoms with Gasteiger partial charge in [0.25, 0.3) is 0 Å². The van der Waals surface area contributed by atoms with Gasteiger partial charge in [0.2, 0.25) is 0 Å². The third kappa shape index (κ3) is 3.16. The van der Waals surface area contributed by atoms with E-state index in [9.17, 15) is 5.11 Å². The fourth-order valence-electron chi connectivity index (χ4n) is 2.14. The van der Waals surface area contributed by atoms with Crippen LogP contribution >= 0.6 is 15.9 Å². The van der Waals surface area contributed by atoms with Crippen molar-refractivity contribution in [3.63, 3.8) is 0 Å². The van der Waals surface area contributed by atoms with Crippen molar-refractivity contribution in [2.75, 3.05) is 0 Å². The normalized spacial score (nSPS) is 22.0. The second-order valence-corrected chi connectivity index (χ2v) is 5.24. The Morgan fingerprint density at radius 2 is 2.31 bits per heavy atom. The van der Waals surface area contributed by atoms with Gasteiger partial charge in [0.1, 0.15) is 0 Å². The van der Waals surface area contributed by atoms with Gasteiger partial charge in [-0.15, -0.1) is 0 Å². The van der Waals surface area contributed by atoms with E-state index in [0.717, 1.165) is 29.3 Å². The molecule has 1 aromatic heterocycles. The highest BCUT2D eigenvalue weighted by molar-refractivity contribution is 9.10. The van der Waals surface area contributed by atoms with Crippen LogP contribution in [-0.4, -0.2) is 16.2 Å². The molecule has 2 rings (SSSR count). The van der Waals surface area contributed by atoms with Gasteiger partial charge in [-0.3, -0.25) is 4.98 Å². The second-order valence-electron chi connectivity index (χ2n) is 4.33. The molecule has 0 amide bonds. The average molecular weight is 282 g/mol. The monoisotopic (exact) mass is 281 g/mol. The summed E-state index contributed by atoms with van der Waals surface area (Å²) in [5.74, 6) is 0.406. The Kier molecular flexibility index (Phi) is 4.13. The zero-order valence-corrected chi connectivity index (χ0v) is 10.7. The molecule has 2 nitrogen and oxygen atoms in total. The minimum atomic E-state index is -0.249. The molecule has 3 heteroatoms. The smallest absolute Gasteiger partial charge is 0.0612 e. The highest BCUT2D eigenvalue weighted by atomic mass is 79.9. The van der Waals surface area contributed by atoms with E-state index in [2.05, 4.69) is 33.1 Å². The second kappa shape index (κ2) is 5.60. The summed E-state index contributed by atoms with van der Waals surface area (Å²) >= 11 is 3.39. The van der Waals surface area contributed by atoms with Gasteiger partial charge in [0.15, 0.2) is 0 Å². The summed E-state index contributed by atoms with van der Waals surface area (Å²) in [5, 5.41) is 10.1. The van der Waals surface area contributed by atoms with Crippen LogP contribution in [0.1, 0.15) is 24.8 Å². The van der Waals surface area contributed by atoms with Crippen LogP contribution in [0, 0.1) is 5.92 Å². The largest absolute Gasteiger partial charge is 0.392 e. The molecule has 0 radical (unpaired) electrons. The van der Waals surface area contributed by atoms with Crippen LogP contribution in [0.25, 0.3) is 0 Å². The molecule has 0 saturated heterocycles. The van der Waals surface area contributed by atoms with Gasteiger partial charge in [-0.1, -0.05) is 12.2 Å². The Morgan fingerprint density at radius 3 is 3.00 bits per heavy atom. The zero-order chi connectivity index (χ0) is 11.4. The predicted octanol–water partition coefficient (Wildman–Crippen LogP) is 3.10. The summed E-state index contributed by atoms with van der Waals surface area (Å²) in [6.07, 6.45) is 11.6. The number of hydrogen-bond acceptors (Lipinski definition) is 2. The van der Waals surface area contributed by atoms with E-state index in [4.69, 9.17) is 0 Å². The average Bonchev–Trinajstić information content (AvgIpc) is 2.30. The van der Waals surface area contributed by atoms with Gasteiger partial charge in [-0.2, -0.15) is 0 Å². The van der Waals surface area contributed by atoms with E-state index >= 15 is 0 Å². The highest BCUT2D eigenvalue weighted by Gasteiger charge is 2.19. The number of aromatic nitrogens is 1. The molecule has 0 bridgehead atoms. The van der Waals surface area contributed by atoms with Crippen molar-refractivity contribution in [1.82, 2.24) is 4.98 Å². The molecule has 16 heavy (non-hydrogen) atoms. The lowest BCUT2D eigenvalue weighted by Gasteiger charge is -2.23. The van der Waals surface area contributed by atoms with Crippen LogP contribution in [0.15, 0.2) is 35.1 Å². The molecule has 2 unspecified atom stereocenters. The molecule has 0 fully saturated rings. The van der Waals surface area contributed by atoms with Crippen LogP contribution in [-0.2, 0) is 6.42 Å². The summed E-state index contributed by atoms with van der Waals surface area (Å²) in [6.45, 7) is 0. The van der Waals surface area contributed by atoms with Gasteiger partial charge in [-0.05, 0) is 52.7 Å². The van der Waals surface area contributed by atoms with Crippen LogP contribution in [0.2, 0.25) is 0 Å². The van der Waals surface area contributed by atoms with Crippen molar-refractivity contribution < 1.29 is 5.11 Å². The summed E-state index contributed by atoms with van der Waals surface area (Å²) in [6, 6.07) is 2.02. The molecule has 1 N–H and O–H groups in total. The molecule has 0 saturated carbocycles. The number of halogens is 1. The van der Waals surface area contributed by atoms with Crippen molar-refractivity contribution in [2.45, 2.75) is 31.8 Å². The van der Waals surface area contributed by atoms with Crippen LogP contribution in [0.5, 0.6) is 0 Å². The number of aliphatic hydroxyl groups is 1. The quantitative estimate of drug-likeness (QED) is 0.864. The minimum absolute atomic E-state index is 0.249. The van der Waals surface area contributed by atoms with E-state index in [0.29, 0.717) is 12.3 Å². The molecular weight excluding hydrogens is 266 g/mol. The van der Waals surface area contributed by atoms with Gasteiger partial charge >= 0.3 is 0 Å². The maximum absolute atomic E-state index is 10.1. The summed E-state index contributed by atoms with van der Waals surface area (Å²) in [7, 11) is 0. The lowest BCUT2D eigenvalue weighted by Crippen LogP contribution is -2.23. The van der Waals surface area contributed by atoms with Gasteiger partial charge in [-0.25, -0.2) is 0 Å². The maximum Gasteiger partial charge on any atom is 0.0612 e. The van der Waals surface area contributed by atoms with E-state index in [-0.39, 0.29) is 6.10 Å². The van der Waals surface area contributed by atoms with Crippen LogP contribution in [0.4, 0.5) is 0 Å². The van der Waals surface area contributed by atoms with Crippen LogP contribution < -0.4 is 0 Å². The maximum atomic E-state index is 10.1. The molecule has 2 atom stereocenters. The molecule has 1 aromatic rings. The topological polar surface area (TPSA) is 33.1 Å². The molecule has 1 aliphatic rings. The van der Waals surface area contributed by atoms with E-state index in [1.54, 1.807) is 6.20 Å². The summed E-state index contributed by atoms with van der Waals surface area (Å²) < 4.78 is 0.973. The molecule has 86 valence electrons.